The molecule has 2 nitrogen and oxygen atoms in total. The monoisotopic (exact) mass is 154 g/mol. The summed E-state index contributed by atoms with van der Waals surface area (Å²) in [5, 5.41) is 9.45. The highest BCUT2D eigenvalue weighted by molar-refractivity contribution is 4.89. The summed E-state index contributed by atoms with van der Waals surface area (Å²) in [6.07, 6.45) is 7.27. The third-order valence-corrected chi connectivity index (χ3v) is 2.07. The van der Waals surface area contributed by atoms with Crippen LogP contribution in [-0.4, -0.2) is 24.4 Å². The van der Waals surface area contributed by atoms with Crippen molar-refractivity contribution in [2.24, 2.45) is 5.92 Å². The first-order chi connectivity index (χ1) is 5.34. The lowest BCUT2D eigenvalue weighted by atomic mass is 9.94. The Morgan fingerprint density at radius 3 is 3.09 bits per heavy atom. The second kappa shape index (κ2) is 4.38. The van der Waals surface area contributed by atoms with Crippen LogP contribution in [0.2, 0.25) is 0 Å². The molecule has 0 aromatic rings. The van der Waals surface area contributed by atoms with E-state index in [9.17, 15) is 5.11 Å². The first kappa shape index (κ1) is 8.58. The van der Waals surface area contributed by atoms with Crippen LogP contribution in [0.15, 0.2) is 0 Å². The van der Waals surface area contributed by atoms with E-state index in [2.05, 4.69) is 5.92 Å². The van der Waals surface area contributed by atoms with Crippen LogP contribution in [0.5, 0.6) is 0 Å². The summed E-state index contributed by atoms with van der Waals surface area (Å²) in [7, 11) is 0. The molecule has 0 aliphatic carbocycles. The summed E-state index contributed by atoms with van der Waals surface area (Å²) in [4.78, 5) is 0. The molecule has 0 radical (unpaired) electrons. The van der Waals surface area contributed by atoms with Crippen molar-refractivity contribution in [3.05, 3.63) is 0 Å². The second-order valence-electron chi connectivity index (χ2n) is 2.95. The third kappa shape index (κ3) is 2.53. The van der Waals surface area contributed by atoms with Gasteiger partial charge in [-0.2, -0.15) is 0 Å². The van der Waals surface area contributed by atoms with E-state index in [1.807, 2.05) is 0 Å². The van der Waals surface area contributed by atoms with Crippen LogP contribution in [0.25, 0.3) is 0 Å². The van der Waals surface area contributed by atoms with Crippen molar-refractivity contribution in [3.63, 3.8) is 0 Å². The average Bonchev–Trinajstić information content (AvgIpc) is 2.07. The zero-order valence-corrected chi connectivity index (χ0v) is 6.62. The molecular formula is C9H14O2. The predicted octanol–water partition coefficient (Wildman–Crippen LogP) is 0.797. The van der Waals surface area contributed by atoms with E-state index in [4.69, 9.17) is 11.2 Å². The zero-order valence-electron chi connectivity index (χ0n) is 6.62. The Labute approximate surface area is 67.6 Å². The van der Waals surface area contributed by atoms with E-state index < -0.39 is 0 Å². The number of aliphatic hydroxyl groups is 1. The van der Waals surface area contributed by atoms with Gasteiger partial charge in [0.15, 0.2) is 0 Å². The normalized spacial score (nSPS) is 27.5. The number of terminal acetylenes is 1. The molecule has 1 rings (SSSR count). The fourth-order valence-electron chi connectivity index (χ4n) is 1.36. The minimum absolute atomic E-state index is 0.264. The molecule has 1 heterocycles. The lowest BCUT2D eigenvalue weighted by molar-refractivity contribution is -0.00674. The van der Waals surface area contributed by atoms with Crippen molar-refractivity contribution in [2.45, 2.75) is 25.4 Å². The van der Waals surface area contributed by atoms with Crippen molar-refractivity contribution >= 4 is 0 Å². The summed E-state index contributed by atoms with van der Waals surface area (Å²) < 4.78 is 5.22. The highest BCUT2D eigenvalue weighted by atomic mass is 16.5. The topological polar surface area (TPSA) is 29.5 Å². The minimum Gasteiger partial charge on any atom is -0.392 e. The van der Waals surface area contributed by atoms with Crippen molar-refractivity contribution in [1.29, 1.82) is 0 Å². The fraction of sp³-hybridized carbons (Fsp3) is 0.778. The Balaban J connectivity index is 2.27. The highest BCUT2D eigenvalue weighted by Gasteiger charge is 2.20. The first-order valence-electron chi connectivity index (χ1n) is 4.04. The Bertz CT molecular complexity index is 142. The van der Waals surface area contributed by atoms with Gasteiger partial charge >= 0.3 is 0 Å². The second-order valence-corrected chi connectivity index (χ2v) is 2.95. The molecule has 11 heavy (non-hydrogen) atoms. The average molecular weight is 154 g/mol. The number of aliphatic hydroxyl groups excluding tert-OH is 1. The quantitative estimate of drug-likeness (QED) is 0.596. The van der Waals surface area contributed by atoms with Gasteiger partial charge in [-0.15, -0.1) is 12.3 Å². The molecule has 0 bridgehead atoms. The summed E-state index contributed by atoms with van der Waals surface area (Å²) in [5.74, 6) is 2.72. The molecule has 0 saturated carbocycles. The van der Waals surface area contributed by atoms with Crippen LogP contribution in [0, 0.1) is 18.3 Å². The largest absolute Gasteiger partial charge is 0.392 e. The minimum atomic E-state index is -0.361. The SMILES string of the molecule is C#CCC(O)C1CCCOC1. The van der Waals surface area contributed by atoms with Gasteiger partial charge in [-0.05, 0) is 12.8 Å². The smallest absolute Gasteiger partial charge is 0.0699 e. The lowest BCUT2D eigenvalue weighted by Gasteiger charge is -2.25. The van der Waals surface area contributed by atoms with Crippen LogP contribution >= 0.6 is 0 Å². The Morgan fingerprint density at radius 2 is 2.55 bits per heavy atom. The summed E-state index contributed by atoms with van der Waals surface area (Å²) in [6.45, 7) is 1.50. The van der Waals surface area contributed by atoms with Crippen molar-refractivity contribution in [1.82, 2.24) is 0 Å². The maximum Gasteiger partial charge on any atom is 0.0699 e. The summed E-state index contributed by atoms with van der Waals surface area (Å²) in [6, 6.07) is 0. The standard InChI is InChI=1S/C9H14O2/c1-2-4-9(10)8-5-3-6-11-7-8/h1,8-10H,3-7H2. The maximum atomic E-state index is 9.45. The van der Waals surface area contributed by atoms with Gasteiger partial charge in [0, 0.05) is 18.9 Å². The predicted molar refractivity (Wildman–Crippen MR) is 43.0 cm³/mol. The van der Waals surface area contributed by atoms with Crippen molar-refractivity contribution < 1.29 is 9.84 Å². The highest BCUT2D eigenvalue weighted by Crippen LogP contribution is 2.18. The van der Waals surface area contributed by atoms with E-state index in [1.165, 1.54) is 0 Å². The molecule has 0 aromatic carbocycles. The zero-order chi connectivity index (χ0) is 8.10. The van der Waals surface area contributed by atoms with Crippen molar-refractivity contribution in [2.75, 3.05) is 13.2 Å². The molecular weight excluding hydrogens is 140 g/mol. The summed E-state index contributed by atoms with van der Waals surface area (Å²) in [5.41, 5.74) is 0. The number of hydrogen-bond donors (Lipinski definition) is 1. The van der Waals surface area contributed by atoms with Gasteiger partial charge in [0.05, 0.1) is 12.7 Å². The molecule has 1 fully saturated rings. The molecule has 2 unspecified atom stereocenters. The van der Waals surface area contributed by atoms with Gasteiger partial charge in [0.2, 0.25) is 0 Å². The van der Waals surface area contributed by atoms with E-state index in [0.29, 0.717) is 13.0 Å². The van der Waals surface area contributed by atoms with Gasteiger partial charge in [0.25, 0.3) is 0 Å². The van der Waals surface area contributed by atoms with E-state index in [1.54, 1.807) is 0 Å². The molecule has 0 amide bonds. The van der Waals surface area contributed by atoms with Gasteiger partial charge in [0.1, 0.15) is 0 Å². The Hall–Kier alpha value is -0.520. The molecule has 1 aliphatic heterocycles. The number of ether oxygens (including phenoxy) is 1. The lowest BCUT2D eigenvalue weighted by Crippen LogP contribution is -2.28. The van der Waals surface area contributed by atoms with E-state index in [0.717, 1.165) is 19.4 Å². The maximum absolute atomic E-state index is 9.45. The first-order valence-corrected chi connectivity index (χ1v) is 4.04. The molecule has 1 saturated heterocycles. The Morgan fingerprint density at radius 1 is 1.73 bits per heavy atom. The molecule has 2 atom stereocenters. The van der Waals surface area contributed by atoms with Crippen LogP contribution in [0.1, 0.15) is 19.3 Å². The third-order valence-electron chi connectivity index (χ3n) is 2.07. The summed E-state index contributed by atoms with van der Waals surface area (Å²) >= 11 is 0. The fourth-order valence-corrected chi connectivity index (χ4v) is 1.36. The molecule has 1 aliphatic rings. The number of rotatable bonds is 2. The number of hydrogen-bond acceptors (Lipinski definition) is 2. The van der Waals surface area contributed by atoms with Gasteiger partial charge < -0.3 is 9.84 Å². The van der Waals surface area contributed by atoms with Crippen molar-refractivity contribution in [3.8, 4) is 12.3 Å². The molecule has 0 spiro atoms. The molecule has 0 aromatic heterocycles. The van der Waals surface area contributed by atoms with E-state index in [-0.39, 0.29) is 12.0 Å². The van der Waals surface area contributed by atoms with Crippen LogP contribution in [0.4, 0.5) is 0 Å². The van der Waals surface area contributed by atoms with Gasteiger partial charge in [-0.3, -0.25) is 0 Å². The van der Waals surface area contributed by atoms with Crippen LogP contribution in [-0.2, 0) is 4.74 Å². The van der Waals surface area contributed by atoms with Gasteiger partial charge in [-0.25, -0.2) is 0 Å². The van der Waals surface area contributed by atoms with E-state index >= 15 is 0 Å². The molecule has 1 N–H and O–H groups in total. The van der Waals surface area contributed by atoms with Crippen LogP contribution < -0.4 is 0 Å². The molecule has 2 heteroatoms. The van der Waals surface area contributed by atoms with Gasteiger partial charge in [-0.1, -0.05) is 0 Å². The van der Waals surface area contributed by atoms with Crippen LogP contribution in [0.3, 0.4) is 0 Å². The molecule has 62 valence electrons. The Kier molecular flexibility index (Phi) is 3.41.